The first kappa shape index (κ1) is 17.8. The molecule has 0 unspecified atom stereocenters. The van der Waals surface area contributed by atoms with Crippen LogP contribution in [0.2, 0.25) is 0 Å². The third-order valence-electron chi connectivity index (χ3n) is 3.95. The van der Waals surface area contributed by atoms with Gasteiger partial charge in [-0.25, -0.2) is 0 Å². The summed E-state index contributed by atoms with van der Waals surface area (Å²) in [6.07, 6.45) is 1.90. The lowest BCUT2D eigenvalue weighted by Crippen LogP contribution is -2.27. The number of benzene rings is 2. The van der Waals surface area contributed by atoms with Gasteiger partial charge in [0.25, 0.3) is 0 Å². The first-order chi connectivity index (χ1) is 11.8. The number of allylic oxidation sites excluding steroid dienone is 1. The molecular weight excluding hydrogens is 296 g/mol. The van der Waals surface area contributed by atoms with Crippen LogP contribution in [-0.2, 0) is 0 Å². The monoisotopic (exact) mass is 320 g/mol. The topological polar surface area (TPSA) is 36.3 Å². The summed E-state index contributed by atoms with van der Waals surface area (Å²) in [5.74, 6) is 0.834. The van der Waals surface area contributed by atoms with Gasteiger partial charge in [0.05, 0.1) is 11.6 Å². The van der Waals surface area contributed by atoms with E-state index in [-0.39, 0.29) is 0 Å². The number of hydrogen-bond donors (Lipinski definition) is 0. The summed E-state index contributed by atoms with van der Waals surface area (Å²) < 4.78 is 5.85. The van der Waals surface area contributed by atoms with Crippen molar-refractivity contribution in [2.75, 3.05) is 26.2 Å². The molecule has 0 aliphatic carbocycles. The van der Waals surface area contributed by atoms with Crippen LogP contribution in [0, 0.1) is 11.3 Å². The molecule has 0 fully saturated rings. The van der Waals surface area contributed by atoms with Crippen LogP contribution in [0.4, 0.5) is 0 Å². The van der Waals surface area contributed by atoms with Crippen molar-refractivity contribution in [3.05, 3.63) is 65.7 Å². The quantitative estimate of drug-likeness (QED) is 0.532. The standard InChI is InChI=1S/C21H24N2O/c1-3-23(4-2)13-14-24-21-12-8-9-18(16-21)15-20(17-22)19-10-6-5-7-11-19/h5-12,15-16H,3-4,13-14H2,1-2H3/b20-15-. The smallest absolute Gasteiger partial charge is 0.119 e. The van der Waals surface area contributed by atoms with Crippen LogP contribution < -0.4 is 4.74 Å². The van der Waals surface area contributed by atoms with E-state index < -0.39 is 0 Å². The fourth-order valence-corrected chi connectivity index (χ4v) is 2.49. The zero-order valence-electron chi connectivity index (χ0n) is 14.4. The highest BCUT2D eigenvalue weighted by Crippen LogP contribution is 2.20. The fraction of sp³-hybridized carbons (Fsp3) is 0.286. The number of ether oxygens (including phenoxy) is 1. The molecule has 0 aliphatic heterocycles. The maximum atomic E-state index is 9.41. The van der Waals surface area contributed by atoms with E-state index >= 15 is 0 Å². The van der Waals surface area contributed by atoms with Crippen molar-refractivity contribution in [3.63, 3.8) is 0 Å². The summed E-state index contributed by atoms with van der Waals surface area (Å²) in [5, 5.41) is 9.41. The summed E-state index contributed by atoms with van der Waals surface area (Å²) in [6.45, 7) is 7.96. The molecule has 0 heterocycles. The van der Waals surface area contributed by atoms with Crippen molar-refractivity contribution in [1.29, 1.82) is 5.26 Å². The molecule has 0 amide bonds. The summed E-state index contributed by atoms with van der Waals surface area (Å²) in [4.78, 5) is 2.33. The molecule has 0 aromatic heterocycles. The van der Waals surface area contributed by atoms with Gasteiger partial charge >= 0.3 is 0 Å². The Morgan fingerprint density at radius 1 is 1.08 bits per heavy atom. The highest BCUT2D eigenvalue weighted by Gasteiger charge is 2.02. The summed E-state index contributed by atoms with van der Waals surface area (Å²) in [5.41, 5.74) is 2.54. The second-order valence-electron chi connectivity index (χ2n) is 5.48. The van der Waals surface area contributed by atoms with E-state index in [0.717, 1.165) is 36.5 Å². The number of hydrogen-bond acceptors (Lipinski definition) is 3. The second-order valence-corrected chi connectivity index (χ2v) is 5.48. The van der Waals surface area contributed by atoms with Crippen molar-refractivity contribution >= 4 is 11.6 Å². The largest absolute Gasteiger partial charge is 0.492 e. The Morgan fingerprint density at radius 3 is 2.50 bits per heavy atom. The van der Waals surface area contributed by atoms with Crippen LogP contribution in [0.15, 0.2) is 54.6 Å². The molecule has 2 aromatic carbocycles. The molecular formula is C21H24N2O. The number of likely N-dealkylation sites (N-methyl/N-ethyl adjacent to an activating group) is 1. The van der Waals surface area contributed by atoms with Crippen molar-refractivity contribution in [3.8, 4) is 11.8 Å². The van der Waals surface area contributed by atoms with E-state index in [1.54, 1.807) is 0 Å². The second kappa shape index (κ2) is 9.54. The van der Waals surface area contributed by atoms with Gasteiger partial charge in [0.2, 0.25) is 0 Å². The minimum Gasteiger partial charge on any atom is -0.492 e. The third kappa shape index (κ3) is 5.26. The number of rotatable bonds is 8. The van der Waals surface area contributed by atoms with Gasteiger partial charge in [-0.15, -0.1) is 0 Å². The summed E-state index contributed by atoms with van der Waals surface area (Å²) in [6, 6.07) is 19.9. The van der Waals surface area contributed by atoms with Crippen molar-refractivity contribution < 1.29 is 4.74 Å². The lowest BCUT2D eigenvalue weighted by Gasteiger charge is -2.18. The molecule has 124 valence electrons. The molecule has 24 heavy (non-hydrogen) atoms. The molecule has 0 spiro atoms. The van der Waals surface area contributed by atoms with Gasteiger partial charge in [-0.3, -0.25) is 0 Å². The van der Waals surface area contributed by atoms with Gasteiger partial charge in [-0.1, -0.05) is 56.3 Å². The van der Waals surface area contributed by atoms with Gasteiger partial charge in [0.1, 0.15) is 12.4 Å². The average Bonchev–Trinajstić information content (AvgIpc) is 2.64. The Hall–Kier alpha value is -2.57. The minimum absolute atomic E-state index is 0.649. The molecule has 3 heteroatoms. The fourth-order valence-electron chi connectivity index (χ4n) is 2.49. The van der Waals surface area contributed by atoms with E-state index in [1.807, 2.05) is 60.7 Å². The van der Waals surface area contributed by atoms with Crippen LogP contribution in [0.25, 0.3) is 11.6 Å². The summed E-state index contributed by atoms with van der Waals surface area (Å²) in [7, 11) is 0. The SMILES string of the molecule is CCN(CC)CCOc1cccc(/C=C(/C#N)c2ccccc2)c1. The van der Waals surface area contributed by atoms with Crippen LogP contribution in [-0.4, -0.2) is 31.1 Å². The zero-order chi connectivity index (χ0) is 17.2. The van der Waals surface area contributed by atoms with Crippen molar-refractivity contribution in [2.45, 2.75) is 13.8 Å². The Kier molecular flexibility index (Phi) is 7.07. The van der Waals surface area contributed by atoms with E-state index in [0.29, 0.717) is 12.2 Å². The first-order valence-electron chi connectivity index (χ1n) is 8.39. The minimum atomic E-state index is 0.649. The van der Waals surface area contributed by atoms with Crippen LogP contribution in [0.5, 0.6) is 5.75 Å². The van der Waals surface area contributed by atoms with Gasteiger partial charge < -0.3 is 9.64 Å². The predicted molar refractivity (Wildman–Crippen MR) is 99.7 cm³/mol. The van der Waals surface area contributed by atoms with E-state index in [4.69, 9.17) is 4.74 Å². The number of nitrogens with zero attached hydrogens (tertiary/aromatic N) is 2. The molecule has 0 N–H and O–H groups in total. The van der Waals surface area contributed by atoms with Gasteiger partial charge in [0.15, 0.2) is 0 Å². The van der Waals surface area contributed by atoms with Gasteiger partial charge in [-0.05, 0) is 42.4 Å². The Balaban J connectivity index is 2.07. The highest BCUT2D eigenvalue weighted by molar-refractivity contribution is 5.89. The normalized spacial score (nSPS) is 11.3. The maximum Gasteiger partial charge on any atom is 0.119 e. The third-order valence-corrected chi connectivity index (χ3v) is 3.95. The van der Waals surface area contributed by atoms with E-state index in [2.05, 4.69) is 24.8 Å². The Labute approximate surface area is 144 Å². The van der Waals surface area contributed by atoms with Gasteiger partial charge in [0, 0.05) is 6.54 Å². The molecule has 2 aromatic rings. The zero-order valence-corrected chi connectivity index (χ0v) is 14.4. The maximum absolute atomic E-state index is 9.41. The molecule has 2 rings (SSSR count). The van der Waals surface area contributed by atoms with Crippen LogP contribution in [0.3, 0.4) is 0 Å². The average molecular weight is 320 g/mol. The van der Waals surface area contributed by atoms with E-state index in [9.17, 15) is 5.26 Å². The van der Waals surface area contributed by atoms with Crippen LogP contribution >= 0.6 is 0 Å². The lowest BCUT2D eigenvalue weighted by molar-refractivity contribution is 0.223. The van der Waals surface area contributed by atoms with Crippen LogP contribution in [0.1, 0.15) is 25.0 Å². The molecule has 0 atom stereocenters. The number of nitriles is 1. The highest BCUT2D eigenvalue weighted by atomic mass is 16.5. The predicted octanol–water partition coefficient (Wildman–Crippen LogP) is 4.47. The molecule has 0 bridgehead atoms. The molecule has 0 saturated heterocycles. The lowest BCUT2D eigenvalue weighted by atomic mass is 10.0. The first-order valence-corrected chi connectivity index (χ1v) is 8.39. The molecule has 0 aliphatic rings. The van der Waals surface area contributed by atoms with Gasteiger partial charge in [-0.2, -0.15) is 5.26 Å². The Bertz CT molecular complexity index is 697. The van der Waals surface area contributed by atoms with Crippen molar-refractivity contribution in [1.82, 2.24) is 4.90 Å². The molecule has 3 nitrogen and oxygen atoms in total. The van der Waals surface area contributed by atoms with Crippen molar-refractivity contribution in [2.24, 2.45) is 0 Å². The Morgan fingerprint density at radius 2 is 1.83 bits per heavy atom. The summed E-state index contributed by atoms with van der Waals surface area (Å²) >= 11 is 0. The molecule has 0 saturated carbocycles. The molecule has 0 radical (unpaired) electrons. The van der Waals surface area contributed by atoms with E-state index in [1.165, 1.54) is 0 Å².